The summed E-state index contributed by atoms with van der Waals surface area (Å²) in [6, 6.07) is 10.3. The van der Waals surface area contributed by atoms with Gasteiger partial charge >= 0.3 is 0 Å². The number of anilines is 2. The first kappa shape index (κ1) is 20.8. The molecule has 154 valence electrons. The van der Waals surface area contributed by atoms with E-state index in [9.17, 15) is 4.79 Å². The number of nitrogen functional groups attached to an aromatic ring is 1. The second kappa shape index (κ2) is 9.52. The number of hydrogen-bond acceptors (Lipinski definition) is 6. The lowest BCUT2D eigenvalue weighted by Gasteiger charge is -2.12. The fraction of sp³-hybridized carbons (Fsp3) is 0.409. The molecule has 2 aromatic heterocycles. The number of hydrogen-bond donors (Lipinski definition) is 2. The zero-order valence-corrected chi connectivity index (χ0v) is 17.5. The molecule has 0 aliphatic heterocycles. The maximum atomic E-state index is 13.1. The van der Waals surface area contributed by atoms with Crippen LogP contribution in [0.15, 0.2) is 41.3 Å². The molecule has 0 fully saturated rings. The Morgan fingerprint density at radius 1 is 1.10 bits per heavy atom. The molecule has 0 amide bonds. The highest BCUT2D eigenvalue weighted by atomic mass is 16.1. The van der Waals surface area contributed by atoms with Gasteiger partial charge in [0.2, 0.25) is 5.95 Å². The molecule has 0 spiro atoms. The Bertz CT molecular complexity index is 1010. The molecule has 0 saturated heterocycles. The Morgan fingerprint density at radius 2 is 1.83 bits per heavy atom. The van der Waals surface area contributed by atoms with E-state index in [1.165, 1.54) is 5.56 Å². The number of fused-ring (bicyclic) bond motifs is 1. The van der Waals surface area contributed by atoms with Crippen LogP contribution in [-0.4, -0.2) is 46.6 Å². The van der Waals surface area contributed by atoms with Crippen molar-refractivity contribution in [2.75, 3.05) is 38.2 Å². The summed E-state index contributed by atoms with van der Waals surface area (Å²) in [4.78, 5) is 23.8. The van der Waals surface area contributed by atoms with Crippen LogP contribution in [0.5, 0.6) is 0 Å². The van der Waals surface area contributed by atoms with Crippen molar-refractivity contribution in [2.45, 2.75) is 32.7 Å². The molecule has 0 radical (unpaired) electrons. The number of nitrogens with zero attached hydrogens (tertiary/aromatic N) is 4. The van der Waals surface area contributed by atoms with E-state index in [-0.39, 0.29) is 11.5 Å². The highest BCUT2D eigenvalue weighted by Crippen LogP contribution is 2.18. The number of benzene rings is 1. The van der Waals surface area contributed by atoms with E-state index in [1.807, 2.05) is 6.07 Å². The van der Waals surface area contributed by atoms with Crippen molar-refractivity contribution in [3.8, 4) is 0 Å². The molecule has 0 aliphatic rings. The van der Waals surface area contributed by atoms with Crippen LogP contribution >= 0.6 is 0 Å². The molecule has 3 N–H and O–H groups in total. The number of nitrogens with two attached hydrogens (primary N) is 1. The quantitative estimate of drug-likeness (QED) is 0.543. The Balaban J connectivity index is 1.86. The zero-order valence-electron chi connectivity index (χ0n) is 17.5. The fourth-order valence-corrected chi connectivity index (χ4v) is 3.20. The summed E-state index contributed by atoms with van der Waals surface area (Å²) in [7, 11) is 4.15. The van der Waals surface area contributed by atoms with E-state index in [0.717, 1.165) is 37.9 Å². The summed E-state index contributed by atoms with van der Waals surface area (Å²) >= 11 is 0. The molecule has 7 heteroatoms. The Morgan fingerprint density at radius 3 is 2.52 bits per heavy atom. The number of rotatable bonds is 9. The molecule has 29 heavy (non-hydrogen) atoms. The minimum atomic E-state index is -0.113. The first-order valence-electron chi connectivity index (χ1n) is 10.1. The number of nitrogens with one attached hydrogen (secondary N) is 1. The minimum absolute atomic E-state index is 0.113. The van der Waals surface area contributed by atoms with Crippen molar-refractivity contribution >= 4 is 22.7 Å². The van der Waals surface area contributed by atoms with E-state index in [4.69, 9.17) is 5.73 Å². The molecule has 0 saturated carbocycles. The van der Waals surface area contributed by atoms with Gasteiger partial charge in [-0.15, -0.1) is 0 Å². The van der Waals surface area contributed by atoms with Gasteiger partial charge in [-0.25, -0.2) is 4.98 Å². The van der Waals surface area contributed by atoms with Crippen LogP contribution in [0.1, 0.15) is 30.9 Å². The molecule has 3 aromatic rings. The second-order valence-corrected chi connectivity index (χ2v) is 7.59. The molecule has 0 aliphatic carbocycles. The molecule has 2 heterocycles. The van der Waals surface area contributed by atoms with Gasteiger partial charge in [-0.05, 0) is 44.1 Å². The molecule has 3 rings (SSSR count). The van der Waals surface area contributed by atoms with Crippen molar-refractivity contribution in [3.05, 3.63) is 58.0 Å². The molecule has 1 aromatic carbocycles. The summed E-state index contributed by atoms with van der Waals surface area (Å²) in [5.74, 6) is 0.682. The van der Waals surface area contributed by atoms with Crippen LogP contribution in [-0.2, 0) is 13.0 Å². The maximum Gasteiger partial charge on any atom is 0.264 e. The Labute approximate surface area is 171 Å². The van der Waals surface area contributed by atoms with E-state index < -0.39 is 0 Å². The van der Waals surface area contributed by atoms with Gasteiger partial charge < -0.3 is 20.5 Å². The van der Waals surface area contributed by atoms with Crippen molar-refractivity contribution in [2.24, 2.45) is 0 Å². The highest BCUT2D eigenvalue weighted by Gasteiger charge is 2.12. The van der Waals surface area contributed by atoms with Crippen molar-refractivity contribution in [3.63, 3.8) is 0 Å². The van der Waals surface area contributed by atoms with Crippen LogP contribution in [0.25, 0.3) is 10.9 Å². The van der Waals surface area contributed by atoms with Gasteiger partial charge in [0.05, 0.1) is 12.1 Å². The predicted octanol–water partition coefficient (Wildman–Crippen LogP) is 2.74. The lowest BCUT2D eigenvalue weighted by molar-refractivity contribution is 0.413. The summed E-state index contributed by atoms with van der Waals surface area (Å²) in [5.41, 5.74) is 8.65. The van der Waals surface area contributed by atoms with Gasteiger partial charge in [0, 0.05) is 19.3 Å². The third kappa shape index (κ3) is 5.32. The lowest BCUT2D eigenvalue weighted by atomic mass is 10.1. The van der Waals surface area contributed by atoms with Gasteiger partial charge in [0.1, 0.15) is 11.2 Å². The highest BCUT2D eigenvalue weighted by molar-refractivity contribution is 5.89. The topological polar surface area (TPSA) is 89.1 Å². The van der Waals surface area contributed by atoms with E-state index in [2.05, 4.69) is 65.5 Å². The first-order chi connectivity index (χ1) is 14.0. The maximum absolute atomic E-state index is 13.1. The lowest BCUT2D eigenvalue weighted by Crippen LogP contribution is -2.22. The number of likely N-dealkylation sites (N-methyl/N-ethyl adjacent to an activating group) is 1. The smallest absolute Gasteiger partial charge is 0.264 e. The third-order valence-corrected chi connectivity index (χ3v) is 4.89. The molecule has 0 bridgehead atoms. The van der Waals surface area contributed by atoms with E-state index in [1.54, 1.807) is 10.8 Å². The largest absolute Gasteiger partial charge is 0.369 e. The fourth-order valence-electron chi connectivity index (χ4n) is 3.20. The second-order valence-electron chi connectivity index (χ2n) is 7.59. The molecule has 0 atom stereocenters. The Kier molecular flexibility index (Phi) is 6.82. The van der Waals surface area contributed by atoms with Crippen LogP contribution in [0, 0.1) is 0 Å². The van der Waals surface area contributed by atoms with Gasteiger partial charge in [0.15, 0.2) is 0 Å². The molecule has 7 nitrogen and oxygen atoms in total. The summed E-state index contributed by atoms with van der Waals surface area (Å²) in [5, 5.41) is 3.73. The van der Waals surface area contributed by atoms with Crippen LogP contribution < -0.4 is 16.6 Å². The number of pyridine rings is 1. The average molecular weight is 395 g/mol. The summed E-state index contributed by atoms with van der Waals surface area (Å²) < 4.78 is 1.70. The van der Waals surface area contributed by atoms with Gasteiger partial charge in [0.25, 0.3) is 5.56 Å². The number of unbranched alkanes of at least 4 members (excludes halogenated alkanes) is 1. The first-order valence-corrected chi connectivity index (χ1v) is 10.1. The minimum Gasteiger partial charge on any atom is -0.369 e. The van der Waals surface area contributed by atoms with Crippen molar-refractivity contribution in [1.29, 1.82) is 0 Å². The van der Waals surface area contributed by atoms with Crippen LogP contribution in [0.3, 0.4) is 0 Å². The van der Waals surface area contributed by atoms with Crippen molar-refractivity contribution in [1.82, 2.24) is 19.4 Å². The Hall–Kier alpha value is -2.93. The SMILES string of the molecule is CCCCNc1nc(N)nc2ccn(Cc3ccc(CCN(C)C)cc3)c(=O)c12. The average Bonchev–Trinajstić information content (AvgIpc) is 2.69. The normalized spacial score (nSPS) is 11.3. The van der Waals surface area contributed by atoms with E-state index >= 15 is 0 Å². The molecule has 0 unspecified atom stereocenters. The zero-order chi connectivity index (χ0) is 20.8. The van der Waals surface area contributed by atoms with E-state index in [0.29, 0.717) is 23.3 Å². The monoisotopic (exact) mass is 394 g/mol. The van der Waals surface area contributed by atoms with Gasteiger partial charge in [-0.2, -0.15) is 4.98 Å². The molecular formula is C22H30N6O. The standard InChI is InChI=1S/C22H30N6O/c1-4-5-12-24-20-19-18(25-22(23)26-20)11-14-28(21(19)29)15-17-8-6-16(7-9-17)10-13-27(2)3/h6-9,11,14H,4-5,10,12-13,15H2,1-3H3,(H3,23,24,25,26). The third-order valence-electron chi connectivity index (χ3n) is 4.89. The molecular weight excluding hydrogens is 364 g/mol. The van der Waals surface area contributed by atoms with Gasteiger partial charge in [-0.1, -0.05) is 37.6 Å². The van der Waals surface area contributed by atoms with Crippen molar-refractivity contribution < 1.29 is 0 Å². The van der Waals surface area contributed by atoms with Crippen LogP contribution in [0.4, 0.5) is 11.8 Å². The van der Waals surface area contributed by atoms with Gasteiger partial charge in [-0.3, -0.25) is 4.79 Å². The summed E-state index contributed by atoms with van der Waals surface area (Å²) in [6.45, 7) is 4.37. The van der Waals surface area contributed by atoms with Crippen LogP contribution in [0.2, 0.25) is 0 Å². The summed E-state index contributed by atoms with van der Waals surface area (Å²) in [6.07, 6.45) is 4.83. The predicted molar refractivity (Wildman–Crippen MR) is 119 cm³/mol. The number of aromatic nitrogens is 3.